The van der Waals surface area contributed by atoms with Gasteiger partial charge in [-0.1, -0.05) is 48.5 Å². The van der Waals surface area contributed by atoms with Crippen LogP contribution in [-0.2, 0) is 38.7 Å². The maximum atomic E-state index is 10.8. The van der Waals surface area contributed by atoms with Crippen molar-refractivity contribution in [2.45, 2.75) is 33.5 Å². The molecule has 0 aliphatic heterocycles. The molecule has 0 saturated heterocycles. The van der Waals surface area contributed by atoms with Gasteiger partial charge < -0.3 is 9.47 Å². The number of rotatable bonds is 6. The standard InChI is InChI=1S/C19H20O4/c1-14(20)22-12-18-7-3-16(4-8-18)11-17-5-9-19(10-6-17)13-23-15(2)21/h3-10H,11-13H2,1-2H3. The lowest BCUT2D eigenvalue weighted by Gasteiger charge is -2.06. The summed E-state index contributed by atoms with van der Waals surface area (Å²) in [6, 6.07) is 16.0. The molecule has 4 heteroatoms. The zero-order valence-corrected chi connectivity index (χ0v) is 13.4. The third-order valence-corrected chi connectivity index (χ3v) is 3.34. The van der Waals surface area contributed by atoms with Crippen molar-refractivity contribution in [2.75, 3.05) is 0 Å². The molecule has 0 amide bonds. The van der Waals surface area contributed by atoms with Crippen molar-refractivity contribution in [1.29, 1.82) is 0 Å². The normalized spacial score (nSPS) is 10.2. The lowest BCUT2D eigenvalue weighted by atomic mass is 10.0. The highest BCUT2D eigenvalue weighted by atomic mass is 16.5. The summed E-state index contributed by atoms with van der Waals surface area (Å²) in [6.45, 7) is 3.42. The highest BCUT2D eigenvalue weighted by Crippen LogP contribution is 2.13. The van der Waals surface area contributed by atoms with Gasteiger partial charge in [-0.25, -0.2) is 0 Å². The summed E-state index contributed by atoms with van der Waals surface area (Å²) in [7, 11) is 0. The Kier molecular flexibility index (Phi) is 5.92. The van der Waals surface area contributed by atoms with Gasteiger partial charge in [-0.2, -0.15) is 0 Å². The van der Waals surface area contributed by atoms with E-state index in [2.05, 4.69) is 0 Å². The maximum Gasteiger partial charge on any atom is 0.302 e. The molecule has 0 spiro atoms. The van der Waals surface area contributed by atoms with Crippen molar-refractivity contribution in [3.8, 4) is 0 Å². The monoisotopic (exact) mass is 312 g/mol. The van der Waals surface area contributed by atoms with Gasteiger partial charge in [0.15, 0.2) is 0 Å². The van der Waals surface area contributed by atoms with E-state index in [0.717, 1.165) is 17.5 Å². The Balaban J connectivity index is 1.91. The summed E-state index contributed by atoms with van der Waals surface area (Å²) < 4.78 is 9.93. The van der Waals surface area contributed by atoms with Crippen LogP contribution in [0.2, 0.25) is 0 Å². The molecule has 23 heavy (non-hydrogen) atoms. The number of hydrogen-bond donors (Lipinski definition) is 0. The number of esters is 2. The van der Waals surface area contributed by atoms with Gasteiger partial charge in [-0.05, 0) is 28.7 Å². The molecule has 0 aliphatic rings. The first kappa shape index (κ1) is 16.7. The first-order valence-electron chi connectivity index (χ1n) is 7.45. The maximum absolute atomic E-state index is 10.8. The van der Waals surface area contributed by atoms with Crippen LogP contribution in [0.4, 0.5) is 0 Å². The minimum absolute atomic E-state index is 0.275. The van der Waals surface area contributed by atoms with E-state index in [1.54, 1.807) is 0 Å². The first-order valence-corrected chi connectivity index (χ1v) is 7.45. The summed E-state index contributed by atoms with van der Waals surface area (Å²) in [4.78, 5) is 21.6. The first-order chi connectivity index (χ1) is 11.0. The molecule has 0 saturated carbocycles. The van der Waals surface area contributed by atoms with Crippen LogP contribution in [0.25, 0.3) is 0 Å². The summed E-state index contributed by atoms with van der Waals surface area (Å²) in [5.74, 6) is -0.550. The number of carbonyl (C=O) groups is 2. The Morgan fingerprint density at radius 2 is 0.957 bits per heavy atom. The van der Waals surface area contributed by atoms with Crippen molar-refractivity contribution < 1.29 is 19.1 Å². The second-order valence-corrected chi connectivity index (χ2v) is 5.37. The number of ether oxygens (including phenoxy) is 2. The van der Waals surface area contributed by atoms with Crippen LogP contribution in [0, 0.1) is 0 Å². The minimum atomic E-state index is -0.275. The zero-order valence-electron chi connectivity index (χ0n) is 13.4. The molecule has 0 atom stereocenters. The second-order valence-electron chi connectivity index (χ2n) is 5.37. The summed E-state index contributed by atoms with van der Waals surface area (Å²) >= 11 is 0. The molecule has 0 radical (unpaired) electrons. The van der Waals surface area contributed by atoms with Crippen LogP contribution >= 0.6 is 0 Å². The Bertz CT molecular complexity index is 597. The topological polar surface area (TPSA) is 52.6 Å². The van der Waals surface area contributed by atoms with E-state index in [-0.39, 0.29) is 11.9 Å². The SMILES string of the molecule is CC(=O)OCc1ccc(Cc2ccc(COC(C)=O)cc2)cc1. The number of hydrogen-bond acceptors (Lipinski definition) is 4. The molecular formula is C19H20O4. The number of carbonyl (C=O) groups excluding carboxylic acids is 2. The van der Waals surface area contributed by atoms with Crippen LogP contribution < -0.4 is 0 Å². The van der Waals surface area contributed by atoms with Crippen LogP contribution in [0.1, 0.15) is 36.1 Å². The molecule has 120 valence electrons. The smallest absolute Gasteiger partial charge is 0.302 e. The largest absolute Gasteiger partial charge is 0.461 e. The summed E-state index contributed by atoms with van der Waals surface area (Å²) in [5, 5.41) is 0. The average Bonchev–Trinajstić information content (AvgIpc) is 2.53. The molecule has 4 nitrogen and oxygen atoms in total. The van der Waals surface area contributed by atoms with E-state index in [4.69, 9.17) is 9.47 Å². The minimum Gasteiger partial charge on any atom is -0.461 e. The van der Waals surface area contributed by atoms with Crippen LogP contribution in [0.3, 0.4) is 0 Å². The van der Waals surface area contributed by atoms with E-state index in [0.29, 0.717) is 13.2 Å². The fourth-order valence-electron chi connectivity index (χ4n) is 2.11. The van der Waals surface area contributed by atoms with Crippen LogP contribution in [0.15, 0.2) is 48.5 Å². The van der Waals surface area contributed by atoms with Crippen molar-refractivity contribution >= 4 is 11.9 Å². The molecular weight excluding hydrogens is 292 g/mol. The quantitative estimate of drug-likeness (QED) is 0.767. The van der Waals surface area contributed by atoms with Crippen LogP contribution in [0.5, 0.6) is 0 Å². The van der Waals surface area contributed by atoms with Gasteiger partial charge in [0.25, 0.3) is 0 Å². The summed E-state index contributed by atoms with van der Waals surface area (Å²) in [6.07, 6.45) is 0.821. The van der Waals surface area contributed by atoms with E-state index in [9.17, 15) is 9.59 Å². The molecule has 0 unspecified atom stereocenters. The third-order valence-electron chi connectivity index (χ3n) is 3.34. The van der Waals surface area contributed by atoms with Gasteiger partial charge in [-0.15, -0.1) is 0 Å². The summed E-state index contributed by atoms with van der Waals surface area (Å²) in [5.41, 5.74) is 4.31. The Morgan fingerprint density at radius 1 is 0.652 bits per heavy atom. The van der Waals surface area contributed by atoms with Gasteiger partial charge in [0.05, 0.1) is 0 Å². The highest BCUT2D eigenvalue weighted by Gasteiger charge is 2.01. The average molecular weight is 312 g/mol. The van der Waals surface area contributed by atoms with Crippen LogP contribution in [-0.4, -0.2) is 11.9 Å². The molecule has 0 aromatic heterocycles. The highest BCUT2D eigenvalue weighted by molar-refractivity contribution is 5.66. The van der Waals surface area contributed by atoms with Crippen molar-refractivity contribution in [1.82, 2.24) is 0 Å². The molecule has 2 aromatic rings. The fraction of sp³-hybridized carbons (Fsp3) is 0.263. The third kappa shape index (κ3) is 5.94. The van der Waals surface area contributed by atoms with E-state index < -0.39 is 0 Å². The van der Waals surface area contributed by atoms with E-state index in [1.165, 1.54) is 25.0 Å². The van der Waals surface area contributed by atoms with Gasteiger partial charge in [0, 0.05) is 13.8 Å². The Morgan fingerprint density at radius 3 is 1.26 bits per heavy atom. The van der Waals surface area contributed by atoms with Crippen molar-refractivity contribution in [3.05, 3.63) is 70.8 Å². The lowest BCUT2D eigenvalue weighted by molar-refractivity contribution is -0.143. The van der Waals surface area contributed by atoms with Gasteiger partial charge in [0.1, 0.15) is 13.2 Å². The molecule has 0 aliphatic carbocycles. The molecule has 2 aromatic carbocycles. The lowest BCUT2D eigenvalue weighted by Crippen LogP contribution is -1.99. The molecule has 0 heterocycles. The molecule has 0 fully saturated rings. The van der Waals surface area contributed by atoms with Gasteiger partial charge in [0.2, 0.25) is 0 Å². The Hall–Kier alpha value is -2.62. The van der Waals surface area contributed by atoms with Gasteiger partial charge in [-0.3, -0.25) is 9.59 Å². The van der Waals surface area contributed by atoms with Gasteiger partial charge >= 0.3 is 11.9 Å². The van der Waals surface area contributed by atoms with Crippen molar-refractivity contribution in [2.24, 2.45) is 0 Å². The predicted octanol–water partition coefficient (Wildman–Crippen LogP) is 3.40. The molecule has 0 N–H and O–H groups in total. The molecule has 0 bridgehead atoms. The molecule has 2 rings (SSSR count). The zero-order chi connectivity index (χ0) is 16.7. The van der Waals surface area contributed by atoms with E-state index >= 15 is 0 Å². The predicted molar refractivity (Wildman–Crippen MR) is 86.6 cm³/mol. The fourth-order valence-corrected chi connectivity index (χ4v) is 2.11. The van der Waals surface area contributed by atoms with E-state index in [1.807, 2.05) is 48.5 Å². The van der Waals surface area contributed by atoms with Crippen molar-refractivity contribution in [3.63, 3.8) is 0 Å². The Labute approximate surface area is 136 Å². The second kappa shape index (κ2) is 8.13. The number of benzene rings is 2.